The Labute approximate surface area is 228 Å². The molecule has 2 aliphatic carbocycles. The summed E-state index contributed by atoms with van der Waals surface area (Å²) in [7, 11) is 3.53. The highest BCUT2D eigenvalue weighted by atomic mass is 16.5. The molecule has 2 aromatic heterocycles. The number of aromatic nitrogens is 2. The molecule has 3 aliphatic rings. The average molecular weight is 526 g/mol. The van der Waals surface area contributed by atoms with E-state index in [-0.39, 0.29) is 11.8 Å². The number of carbonyl (C=O) groups excluding carboxylic acids is 2. The van der Waals surface area contributed by atoms with Crippen molar-refractivity contribution in [2.24, 2.45) is 24.8 Å². The minimum atomic E-state index is -0.297. The molecule has 2 saturated carbocycles. The summed E-state index contributed by atoms with van der Waals surface area (Å²) in [6.45, 7) is 3.72. The smallest absolute Gasteiger partial charge is 0.255 e. The molecular formula is C31H35N5O3. The molecule has 3 aromatic rings. The number of nitriles is 1. The molecule has 6 rings (SSSR count). The molecule has 8 heteroatoms. The number of nitrogens with zero attached hydrogens (tertiary/aromatic N) is 4. The first kappa shape index (κ1) is 25.4. The van der Waals surface area contributed by atoms with Crippen molar-refractivity contribution in [2.45, 2.75) is 51.4 Å². The van der Waals surface area contributed by atoms with Crippen LogP contribution in [0.5, 0.6) is 5.75 Å². The van der Waals surface area contributed by atoms with E-state index in [1.165, 1.54) is 25.5 Å². The number of piperidine rings is 1. The second-order valence-electron chi connectivity index (χ2n) is 11.5. The van der Waals surface area contributed by atoms with E-state index in [4.69, 9.17) is 9.72 Å². The third-order valence-corrected chi connectivity index (χ3v) is 9.31. The van der Waals surface area contributed by atoms with E-state index in [2.05, 4.69) is 27.0 Å². The van der Waals surface area contributed by atoms with Crippen LogP contribution < -0.4 is 10.1 Å². The van der Waals surface area contributed by atoms with Gasteiger partial charge in [0, 0.05) is 43.2 Å². The zero-order valence-corrected chi connectivity index (χ0v) is 22.9. The predicted molar refractivity (Wildman–Crippen MR) is 149 cm³/mol. The summed E-state index contributed by atoms with van der Waals surface area (Å²) >= 11 is 0. The van der Waals surface area contributed by atoms with Crippen LogP contribution in [0.25, 0.3) is 11.0 Å². The zero-order chi connectivity index (χ0) is 27.3. The van der Waals surface area contributed by atoms with Gasteiger partial charge in [0.05, 0.1) is 24.6 Å². The third-order valence-electron chi connectivity index (χ3n) is 9.31. The van der Waals surface area contributed by atoms with Gasteiger partial charge in [-0.15, -0.1) is 0 Å². The number of methoxy groups -OCH3 is 1. The maximum Gasteiger partial charge on any atom is 0.255 e. The fraction of sp³-hybridized carbons (Fsp3) is 0.484. The number of carbonyl (C=O) groups is 2. The molecule has 0 unspecified atom stereocenters. The minimum Gasteiger partial charge on any atom is -0.495 e. The summed E-state index contributed by atoms with van der Waals surface area (Å²) in [6.07, 6.45) is 10.7. The molecule has 2 bridgehead atoms. The fourth-order valence-corrected chi connectivity index (χ4v) is 7.39. The summed E-state index contributed by atoms with van der Waals surface area (Å²) < 4.78 is 7.29. The number of likely N-dealkylation sites (tertiary alicyclic amines) is 1. The summed E-state index contributed by atoms with van der Waals surface area (Å²) in [4.78, 5) is 33.3. The number of hydrogen-bond donors (Lipinski definition) is 1. The van der Waals surface area contributed by atoms with E-state index in [1.54, 1.807) is 24.4 Å². The van der Waals surface area contributed by atoms with Gasteiger partial charge in [-0.05, 0) is 79.7 Å². The Bertz CT molecular complexity index is 1480. The van der Waals surface area contributed by atoms with Crippen molar-refractivity contribution in [3.05, 3.63) is 52.8 Å². The fourth-order valence-electron chi connectivity index (χ4n) is 7.39. The lowest BCUT2D eigenvalue weighted by atomic mass is 9.79. The molecule has 39 heavy (non-hydrogen) atoms. The summed E-state index contributed by atoms with van der Waals surface area (Å²) in [5, 5.41) is 13.5. The normalized spacial score (nSPS) is 22.7. The number of ether oxygens (including phenoxy) is 1. The van der Waals surface area contributed by atoms with E-state index >= 15 is 0 Å². The number of hydrogen-bond acceptors (Lipinski definition) is 5. The second kappa shape index (κ2) is 10.0. The predicted octanol–water partition coefficient (Wildman–Crippen LogP) is 5.16. The van der Waals surface area contributed by atoms with Gasteiger partial charge < -0.3 is 19.5 Å². The van der Waals surface area contributed by atoms with Gasteiger partial charge in [-0.25, -0.2) is 4.98 Å². The van der Waals surface area contributed by atoms with Crippen molar-refractivity contribution in [3.8, 4) is 11.8 Å². The van der Waals surface area contributed by atoms with Gasteiger partial charge in [0.2, 0.25) is 5.91 Å². The first-order valence-electron chi connectivity index (χ1n) is 14.0. The van der Waals surface area contributed by atoms with Crippen LogP contribution in [0.1, 0.15) is 71.5 Å². The molecule has 0 radical (unpaired) electrons. The molecule has 1 saturated heterocycles. The van der Waals surface area contributed by atoms with Crippen molar-refractivity contribution >= 4 is 28.5 Å². The number of anilines is 1. The van der Waals surface area contributed by atoms with Crippen LogP contribution in [0.4, 0.5) is 5.69 Å². The highest BCUT2D eigenvalue weighted by Gasteiger charge is 2.46. The van der Waals surface area contributed by atoms with E-state index in [9.17, 15) is 14.9 Å². The van der Waals surface area contributed by atoms with Crippen LogP contribution >= 0.6 is 0 Å². The number of nitrogens with one attached hydrogen (secondary N) is 1. The highest BCUT2D eigenvalue weighted by molar-refractivity contribution is 6.06. The van der Waals surface area contributed by atoms with Gasteiger partial charge in [-0.3, -0.25) is 9.59 Å². The van der Waals surface area contributed by atoms with Crippen LogP contribution in [0, 0.1) is 36.0 Å². The Morgan fingerprint density at radius 2 is 1.85 bits per heavy atom. The molecule has 0 spiro atoms. The van der Waals surface area contributed by atoms with Gasteiger partial charge >= 0.3 is 0 Å². The molecule has 3 fully saturated rings. The van der Waals surface area contributed by atoms with Crippen molar-refractivity contribution in [3.63, 3.8) is 0 Å². The Kier molecular flexibility index (Phi) is 6.54. The van der Waals surface area contributed by atoms with E-state index in [0.29, 0.717) is 46.2 Å². The van der Waals surface area contributed by atoms with Gasteiger partial charge in [0.25, 0.3) is 5.91 Å². The topological polar surface area (TPSA) is 100 Å². The van der Waals surface area contributed by atoms with Gasteiger partial charge in [-0.1, -0.05) is 12.8 Å². The standard InChI is InChI=1S/C31H35N5O3/c1-18-25(34-30(37)20-10-11-26(39-3)23(12-20)13-32)14-33-29-27(18)24(17-35(29)2)28-21-8-9-22(28)16-36(15-21)31(38)19-6-4-5-7-19/h10-12,14,17,19,21-22,28H,4-9,15-16H2,1-3H3,(H,34,37)/t21-,22+,28+. The maximum atomic E-state index is 13.2. The molecule has 1 aliphatic heterocycles. The Morgan fingerprint density at radius 1 is 1.13 bits per heavy atom. The number of pyridine rings is 1. The Hall–Kier alpha value is -3.86. The third kappa shape index (κ3) is 4.34. The maximum absolute atomic E-state index is 13.2. The molecule has 202 valence electrons. The van der Waals surface area contributed by atoms with Gasteiger partial charge in [-0.2, -0.15) is 5.26 Å². The summed E-state index contributed by atoms with van der Waals surface area (Å²) in [6, 6.07) is 6.92. The molecule has 1 aromatic carbocycles. The lowest BCUT2D eigenvalue weighted by Crippen LogP contribution is -2.46. The first-order chi connectivity index (χ1) is 18.9. The molecule has 1 N–H and O–H groups in total. The van der Waals surface area contributed by atoms with Crippen LogP contribution in [0.2, 0.25) is 0 Å². The van der Waals surface area contributed by atoms with E-state index in [1.807, 2.05) is 14.0 Å². The largest absolute Gasteiger partial charge is 0.495 e. The number of benzene rings is 1. The van der Waals surface area contributed by atoms with E-state index < -0.39 is 0 Å². The Morgan fingerprint density at radius 3 is 2.51 bits per heavy atom. The van der Waals surface area contributed by atoms with Crippen molar-refractivity contribution < 1.29 is 14.3 Å². The second-order valence-corrected chi connectivity index (χ2v) is 11.5. The van der Waals surface area contributed by atoms with E-state index in [0.717, 1.165) is 55.4 Å². The lowest BCUT2D eigenvalue weighted by Gasteiger charge is -2.39. The zero-order valence-electron chi connectivity index (χ0n) is 22.9. The monoisotopic (exact) mass is 525 g/mol. The van der Waals surface area contributed by atoms with Crippen LogP contribution in [0.15, 0.2) is 30.6 Å². The number of amides is 2. The molecule has 8 nitrogen and oxygen atoms in total. The molecule has 3 atom stereocenters. The lowest BCUT2D eigenvalue weighted by molar-refractivity contribution is -0.137. The van der Waals surface area contributed by atoms with Crippen LogP contribution in [-0.2, 0) is 11.8 Å². The summed E-state index contributed by atoms with van der Waals surface area (Å²) in [5.74, 6) is 2.02. The molecule has 3 heterocycles. The van der Waals surface area contributed by atoms with Gasteiger partial charge in [0.15, 0.2) is 0 Å². The quantitative estimate of drug-likeness (QED) is 0.496. The van der Waals surface area contributed by atoms with Crippen LogP contribution in [0.3, 0.4) is 0 Å². The highest BCUT2D eigenvalue weighted by Crippen LogP contribution is 2.51. The molecule has 2 amide bonds. The average Bonchev–Trinajstić information content (AvgIpc) is 3.66. The van der Waals surface area contributed by atoms with Crippen molar-refractivity contribution in [1.29, 1.82) is 5.26 Å². The van der Waals surface area contributed by atoms with Gasteiger partial charge in [0.1, 0.15) is 17.5 Å². The minimum absolute atomic E-state index is 0.228. The number of fused-ring (bicyclic) bond motifs is 3. The van der Waals surface area contributed by atoms with Crippen molar-refractivity contribution in [2.75, 3.05) is 25.5 Å². The Balaban J connectivity index is 1.29. The number of aryl methyl sites for hydroxylation is 2. The molecular weight excluding hydrogens is 490 g/mol. The SMILES string of the molecule is COc1ccc(C(=O)Nc2cnc3c(c([C@H]4[C@@H]5CC[C@H]4CN(C(=O)C4CCCC4)C5)cn3C)c2C)cc1C#N. The van der Waals surface area contributed by atoms with Crippen molar-refractivity contribution in [1.82, 2.24) is 14.5 Å². The first-order valence-corrected chi connectivity index (χ1v) is 14.0. The summed E-state index contributed by atoms with van der Waals surface area (Å²) in [5.41, 5.74) is 4.54. The van der Waals surface area contributed by atoms with Crippen LogP contribution in [-0.4, -0.2) is 46.5 Å². The number of rotatable bonds is 5.